The van der Waals surface area contributed by atoms with Crippen LogP contribution in [0.1, 0.15) is 12.0 Å². The molecule has 0 amide bonds. The summed E-state index contributed by atoms with van der Waals surface area (Å²) in [6.45, 7) is 1.62. The molecule has 0 aliphatic heterocycles. The number of benzene rings is 1. The second-order valence-electron chi connectivity index (χ2n) is 4.69. The van der Waals surface area contributed by atoms with E-state index in [1.54, 1.807) is 30.3 Å². The van der Waals surface area contributed by atoms with Gasteiger partial charge < -0.3 is 19.5 Å². The first-order valence-electron chi connectivity index (χ1n) is 6.38. The third-order valence-electron chi connectivity index (χ3n) is 2.60. The molecule has 1 aromatic carbocycles. The number of quaternary nitrogens is 1. The minimum absolute atomic E-state index is 0.404. The smallest absolute Gasteiger partial charge is 0.119 e. The molecule has 5 nitrogen and oxygen atoms in total. The number of nitrogens with zero attached hydrogens (tertiary/aromatic N) is 1. The van der Waals surface area contributed by atoms with Crippen molar-refractivity contribution >= 4 is 12.0 Å². The van der Waals surface area contributed by atoms with Crippen LogP contribution < -0.4 is 14.7 Å². The van der Waals surface area contributed by atoms with Gasteiger partial charge in [-0.05, 0) is 23.8 Å². The molecule has 0 heterocycles. The highest BCUT2D eigenvalue weighted by Crippen LogP contribution is 2.15. The maximum Gasteiger partial charge on any atom is 0.119 e. The Morgan fingerprint density at radius 1 is 1.50 bits per heavy atom. The third kappa shape index (κ3) is 5.55. The molecular weight excluding hydrogens is 256 g/mol. The van der Waals surface area contributed by atoms with Crippen molar-refractivity contribution in [3.8, 4) is 11.8 Å². The van der Waals surface area contributed by atoms with Crippen LogP contribution in [0.15, 0.2) is 29.8 Å². The van der Waals surface area contributed by atoms with Crippen molar-refractivity contribution in [1.29, 1.82) is 5.26 Å². The Morgan fingerprint density at radius 3 is 2.85 bits per heavy atom. The van der Waals surface area contributed by atoms with E-state index in [0.717, 1.165) is 13.0 Å². The van der Waals surface area contributed by atoms with E-state index in [-0.39, 0.29) is 0 Å². The predicted molar refractivity (Wildman–Crippen MR) is 72.8 cm³/mol. The molecule has 1 aromatic rings. The van der Waals surface area contributed by atoms with Crippen molar-refractivity contribution in [2.24, 2.45) is 0 Å². The fourth-order valence-electron chi connectivity index (χ4n) is 1.61. The van der Waals surface area contributed by atoms with Crippen LogP contribution in [0.5, 0.6) is 5.75 Å². The van der Waals surface area contributed by atoms with E-state index in [4.69, 9.17) is 10.00 Å². The molecule has 106 valence electrons. The van der Waals surface area contributed by atoms with Gasteiger partial charge in [0.25, 0.3) is 0 Å². The lowest BCUT2D eigenvalue weighted by atomic mass is 10.1. The molecule has 0 spiro atoms. The normalized spacial score (nSPS) is 11.2. The number of carboxylic acids is 1. The van der Waals surface area contributed by atoms with E-state index in [1.807, 2.05) is 0 Å². The first-order valence-corrected chi connectivity index (χ1v) is 6.38. The molecule has 1 N–H and O–H groups in total. The molecular formula is C15H18N2O3. The molecule has 0 aliphatic rings. The van der Waals surface area contributed by atoms with Gasteiger partial charge in [0.15, 0.2) is 0 Å². The van der Waals surface area contributed by atoms with Crippen LogP contribution in [0.3, 0.4) is 0 Å². The highest BCUT2D eigenvalue weighted by Gasteiger charge is 2.00. The lowest BCUT2D eigenvalue weighted by Crippen LogP contribution is -3.05. The van der Waals surface area contributed by atoms with Crippen LogP contribution in [0, 0.1) is 11.3 Å². The number of carbonyl (C=O) groups is 1. The number of ether oxygens (including phenoxy) is 1. The first-order chi connectivity index (χ1) is 9.52. The Kier molecular flexibility index (Phi) is 6.27. The fraction of sp³-hybridized carbons (Fsp3) is 0.333. The summed E-state index contributed by atoms with van der Waals surface area (Å²) >= 11 is 0. The Balaban J connectivity index is 2.67. The van der Waals surface area contributed by atoms with Crippen LogP contribution in [0.2, 0.25) is 0 Å². The highest BCUT2D eigenvalue weighted by molar-refractivity contribution is 5.95. The SMILES string of the molecule is C[NH+](C)CCCOc1cccc(/C=C(/C#N)C(=O)[O-])c1. The van der Waals surface area contributed by atoms with Crippen LogP contribution >= 0.6 is 0 Å². The second-order valence-corrected chi connectivity index (χ2v) is 4.69. The van der Waals surface area contributed by atoms with Crippen LogP contribution in [0.4, 0.5) is 0 Å². The molecule has 1 rings (SSSR count). The van der Waals surface area contributed by atoms with Gasteiger partial charge in [-0.15, -0.1) is 0 Å². The monoisotopic (exact) mass is 274 g/mol. The molecule has 0 saturated heterocycles. The van der Waals surface area contributed by atoms with Gasteiger partial charge in [0, 0.05) is 6.42 Å². The van der Waals surface area contributed by atoms with Gasteiger partial charge in [0.1, 0.15) is 11.8 Å². The van der Waals surface area contributed by atoms with E-state index >= 15 is 0 Å². The van der Waals surface area contributed by atoms with E-state index in [0.29, 0.717) is 17.9 Å². The lowest BCUT2D eigenvalue weighted by molar-refractivity contribution is -0.858. The molecule has 0 radical (unpaired) electrons. The Morgan fingerprint density at radius 2 is 2.25 bits per heavy atom. The fourth-order valence-corrected chi connectivity index (χ4v) is 1.61. The largest absolute Gasteiger partial charge is 0.544 e. The number of aliphatic carboxylic acids is 1. The van der Waals surface area contributed by atoms with Crippen molar-refractivity contribution in [2.45, 2.75) is 6.42 Å². The van der Waals surface area contributed by atoms with Crippen molar-refractivity contribution in [3.63, 3.8) is 0 Å². The number of nitrogens with one attached hydrogen (secondary N) is 1. The van der Waals surface area contributed by atoms with E-state index in [2.05, 4.69) is 14.1 Å². The molecule has 0 aromatic heterocycles. The minimum atomic E-state index is -1.48. The van der Waals surface area contributed by atoms with Crippen molar-refractivity contribution in [3.05, 3.63) is 35.4 Å². The molecule has 0 aliphatic carbocycles. The number of nitriles is 1. The summed E-state index contributed by atoms with van der Waals surface area (Å²) in [5, 5.41) is 19.3. The average molecular weight is 274 g/mol. The number of hydrogen-bond acceptors (Lipinski definition) is 4. The summed E-state index contributed by atoms with van der Waals surface area (Å²) in [5.74, 6) is -0.823. The van der Waals surface area contributed by atoms with Gasteiger partial charge in [-0.2, -0.15) is 5.26 Å². The van der Waals surface area contributed by atoms with Crippen molar-refractivity contribution in [1.82, 2.24) is 0 Å². The van der Waals surface area contributed by atoms with E-state index in [1.165, 1.54) is 11.0 Å². The molecule has 20 heavy (non-hydrogen) atoms. The number of carboxylic acid groups (broad SMARTS) is 1. The Labute approximate surface area is 118 Å². The third-order valence-corrected chi connectivity index (χ3v) is 2.60. The lowest BCUT2D eigenvalue weighted by Gasteiger charge is -2.09. The zero-order chi connectivity index (χ0) is 15.0. The number of carbonyl (C=O) groups excluding carboxylic acids is 1. The van der Waals surface area contributed by atoms with Crippen LogP contribution in [-0.2, 0) is 4.79 Å². The summed E-state index contributed by atoms with van der Waals surface area (Å²) in [4.78, 5) is 12.0. The molecule has 0 bridgehead atoms. The average Bonchev–Trinajstić information content (AvgIpc) is 2.41. The van der Waals surface area contributed by atoms with Gasteiger partial charge in [0.05, 0.1) is 38.8 Å². The van der Waals surface area contributed by atoms with Gasteiger partial charge in [0.2, 0.25) is 0 Å². The summed E-state index contributed by atoms with van der Waals surface area (Å²) in [6.07, 6.45) is 2.21. The van der Waals surface area contributed by atoms with Crippen LogP contribution in [0.25, 0.3) is 6.08 Å². The Bertz CT molecular complexity index is 530. The summed E-state index contributed by atoms with van der Waals surface area (Å²) in [6, 6.07) is 8.54. The van der Waals surface area contributed by atoms with E-state index < -0.39 is 11.5 Å². The van der Waals surface area contributed by atoms with Gasteiger partial charge in [-0.1, -0.05) is 12.1 Å². The topological polar surface area (TPSA) is 77.6 Å². The van der Waals surface area contributed by atoms with Crippen molar-refractivity contribution < 1.29 is 19.5 Å². The second kappa shape index (κ2) is 7.97. The van der Waals surface area contributed by atoms with Gasteiger partial charge in [-0.3, -0.25) is 0 Å². The van der Waals surface area contributed by atoms with Gasteiger partial charge in [-0.25, -0.2) is 0 Å². The molecule has 0 fully saturated rings. The van der Waals surface area contributed by atoms with Crippen LogP contribution in [-0.4, -0.2) is 33.2 Å². The zero-order valence-corrected chi connectivity index (χ0v) is 11.7. The predicted octanol–water partition coefficient (Wildman–Crippen LogP) is -0.743. The first kappa shape index (κ1) is 15.7. The number of hydrogen-bond donors (Lipinski definition) is 1. The Hall–Kier alpha value is -2.32. The molecule has 0 saturated carbocycles. The standard InChI is InChI=1S/C15H18N2O3/c1-17(2)7-4-8-20-14-6-3-5-12(10-14)9-13(11-16)15(18)19/h3,5-6,9-10H,4,7-8H2,1-2H3,(H,18,19)/b13-9-. The maximum atomic E-state index is 10.7. The van der Waals surface area contributed by atoms with Crippen molar-refractivity contribution in [2.75, 3.05) is 27.2 Å². The summed E-state index contributed by atoms with van der Waals surface area (Å²) in [5.41, 5.74) is 0.194. The molecule has 0 unspecified atom stereocenters. The minimum Gasteiger partial charge on any atom is -0.544 e. The van der Waals surface area contributed by atoms with E-state index in [9.17, 15) is 9.90 Å². The summed E-state index contributed by atoms with van der Waals surface area (Å²) < 4.78 is 5.58. The molecule has 5 heteroatoms. The number of rotatable bonds is 7. The summed E-state index contributed by atoms with van der Waals surface area (Å²) in [7, 11) is 4.16. The highest BCUT2D eigenvalue weighted by atomic mass is 16.5. The molecule has 0 atom stereocenters. The quantitative estimate of drug-likeness (QED) is 0.403. The zero-order valence-electron chi connectivity index (χ0n) is 11.7. The maximum absolute atomic E-state index is 10.7. The van der Waals surface area contributed by atoms with Gasteiger partial charge >= 0.3 is 0 Å².